The number of methoxy groups -OCH3 is 2. The zero-order valence-corrected chi connectivity index (χ0v) is 15.9. The lowest BCUT2D eigenvalue weighted by atomic mass is 9.66. The van der Waals surface area contributed by atoms with Gasteiger partial charge < -0.3 is 33.9 Å². The van der Waals surface area contributed by atoms with Gasteiger partial charge in [-0.25, -0.2) is 0 Å². The molecule has 0 saturated carbocycles. The summed E-state index contributed by atoms with van der Waals surface area (Å²) in [6.45, 7) is 0.246. The van der Waals surface area contributed by atoms with Gasteiger partial charge in [0.1, 0.15) is 0 Å². The zero-order valence-electron chi connectivity index (χ0n) is 15.9. The summed E-state index contributed by atoms with van der Waals surface area (Å²) in [7, 11) is 2.89. The molecule has 1 saturated heterocycles. The first-order valence-corrected chi connectivity index (χ1v) is 9.26. The molecule has 1 fully saturated rings. The molecule has 152 valence electrons. The molecule has 0 radical (unpaired) electrons. The monoisotopic (exact) mass is 400 g/mol. The van der Waals surface area contributed by atoms with Crippen molar-refractivity contribution in [3.05, 3.63) is 41.0 Å². The number of fused-ring (bicyclic) bond motifs is 3. The van der Waals surface area contributed by atoms with E-state index in [9.17, 15) is 15.0 Å². The zero-order chi connectivity index (χ0) is 20.3. The highest BCUT2D eigenvalue weighted by molar-refractivity contribution is 5.79. The van der Waals surface area contributed by atoms with Crippen LogP contribution in [0.1, 0.15) is 28.7 Å². The molecule has 2 aromatic carbocycles. The third-order valence-electron chi connectivity index (χ3n) is 6.01. The summed E-state index contributed by atoms with van der Waals surface area (Å²) in [5, 5.41) is 21.3. The van der Waals surface area contributed by atoms with Crippen LogP contribution >= 0.6 is 0 Å². The second kappa shape index (κ2) is 6.45. The van der Waals surface area contributed by atoms with Crippen LogP contribution in [0.15, 0.2) is 24.3 Å². The molecule has 3 aliphatic rings. The maximum absolute atomic E-state index is 12.7. The minimum absolute atomic E-state index is 0.106. The number of aliphatic hydroxyl groups excluding tert-OH is 1. The Balaban J connectivity index is 1.75. The quantitative estimate of drug-likeness (QED) is 0.755. The van der Waals surface area contributed by atoms with Crippen molar-refractivity contribution in [3.8, 4) is 28.7 Å². The smallest absolute Gasteiger partial charge is 0.310 e. The van der Waals surface area contributed by atoms with E-state index in [-0.39, 0.29) is 36.6 Å². The molecule has 8 heteroatoms. The molecule has 2 aromatic rings. The van der Waals surface area contributed by atoms with E-state index in [0.29, 0.717) is 22.6 Å². The molecule has 2 N–H and O–H groups in total. The number of hydrogen-bond donors (Lipinski definition) is 2. The van der Waals surface area contributed by atoms with Crippen LogP contribution in [-0.4, -0.2) is 43.8 Å². The predicted octanol–water partition coefficient (Wildman–Crippen LogP) is 2.11. The fourth-order valence-electron chi connectivity index (χ4n) is 4.63. The first kappa shape index (κ1) is 17.9. The van der Waals surface area contributed by atoms with Gasteiger partial charge in [0.25, 0.3) is 0 Å². The van der Waals surface area contributed by atoms with Crippen molar-refractivity contribution in [2.75, 3.05) is 27.6 Å². The Kier molecular flexibility index (Phi) is 3.99. The van der Waals surface area contributed by atoms with Crippen molar-refractivity contribution in [2.24, 2.45) is 11.8 Å². The summed E-state index contributed by atoms with van der Waals surface area (Å²) in [6, 6.07) is 6.93. The highest BCUT2D eigenvalue weighted by atomic mass is 16.7. The van der Waals surface area contributed by atoms with E-state index in [0.717, 1.165) is 5.56 Å². The average molecular weight is 400 g/mol. The number of carbonyl (C=O) groups excluding carboxylic acids is 1. The van der Waals surface area contributed by atoms with Gasteiger partial charge in [-0.2, -0.15) is 0 Å². The van der Waals surface area contributed by atoms with Crippen molar-refractivity contribution in [1.82, 2.24) is 0 Å². The maximum Gasteiger partial charge on any atom is 0.310 e. The third kappa shape index (κ3) is 2.52. The lowest BCUT2D eigenvalue weighted by molar-refractivity contribution is -0.141. The van der Waals surface area contributed by atoms with Crippen LogP contribution in [0.2, 0.25) is 0 Å². The predicted molar refractivity (Wildman–Crippen MR) is 98.5 cm³/mol. The number of hydrogen-bond acceptors (Lipinski definition) is 8. The van der Waals surface area contributed by atoms with E-state index in [1.54, 1.807) is 24.3 Å². The number of aliphatic hydroxyl groups is 1. The molecule has 1 aliphatic carbocycles. The van der Waals surface area contributed by atoms with E-state index >= 15 is 0 Å². The number of ether oxygens (including phenoxy) is 5. The molecule has 2 heterocycles. The van der Waals surface area contributed by atoms with Crippen molar-refractivity contribution in [1.29, 1.82) is 0 Å². The van der Waals surface area contributed by atoms with E-state index in [1.165, 1.54) is 14.2 Å². The van der Waals surface area contributed by atoms with Crippen molar-refractivity contribution < 1.29 is 38.7 Å². The first-order chi connectivity index (χ1) is 14.0. The number of phenolic OH excluding ortho intramolecular Hbond substituents is 1. The summed E-state index contributed by atoms with van der Waals surface area (Å²) in [5.74, 6) is -0.324. The number of cyclic esters (lactones) is 1. The standard InChI is InChI=1S/C21H20O8/c1-25-15-3-9(4-16(26-2)20(15)23)17-10-5-13-14(29-8-28-13)6-11(10)19(22)12-7-27-21(24)18(12)17/h3-6,12,17-19,22-23H,7-8H2,1-2H3/t12-,17+,18+,19+/m1/s1. The van der Waals surface area contributed by atoms with Gasteiger partial charge >= 0.3 is 5.97 Å². The number of esters is 1. The minimum Gasteiger partial charge on any atom is -0.502 e. The second-order valence-electron chi connectivity index (χ2n) is 7.35. The van der Waals surface area contributed by atoms with Gasteiger partial charge in [-0.1, -0.05) is 0 Å². The molecular weight excluding hydrogens is 380 g/mol. The van der Waals surface area contributed by atoms with E-state index in [4.69, 9.17) is 23.7 Å². The van der Waals surface area contributed by atoms with Crippen molar-refractivity contribution in [3.63, 3.8) is 0 Å². The average Bonchev–Trinajstić information content (AvgIpc) is 3.34. The van der Waals surface area contributed by atoms with Gasteiger partial charge in [0.15, 0.2) is 23.0 Å². The largest absolute Gasteiger partial charge is 0.502 e. The molecule has 0 amide bonds. The van der Waals surface area contributed by atoms with Crippen molar-refractivity contribution in [2.45, 2.75) is 12.0 Å². The Hall–Kier alpha value is -3.13. The topological polar surface area (TPSA) is 104 Å². The fraction of sp³-hybridized carbons (Fsp3) is 0.381. The summed E-state index contributed by atoms with van der Waals surface area (Å²) < 4.78 is 26.9. The SMILES string of the molecule is COc1cc([C@H]2c3cc4c(cc3[C@H](O)[C@@H]3COC(=O)[C@H]23)OCO4)cc(OC)c1O. The molecule has 0 bridgehead atoms. The second-order valence-corrected chi connectivity index (χ2v) is 7.35. The summed E-state index contributed by atoms with van der Waals surface area (Å²) >= 11 is 0. The van der Waals surface area contributed by atoms with Gasteiger partial charge in [-0.05, 0) is 41.0 Å². The summed E-state index contributed by atoms with van der Waals surface area (Å²) in [5.41, 5.74) is 2.12. The Morgan fingerprint density at radius 2 is 1.59 bits per heavy atom. The molecule has 2 aliphatic heterocycles. The van der Waals surface area contributed by atoms with E-state index < -0.39 is 23.9 Å². The summed E-state index contributed by atoms with van der Waals surface area (Å²) in [6.07, 6.45) is -0.867. The van der Waals surface area contributed by atoms with Gasteiger partial charge in [-0.3, -0.25) is 4.79 Å². The lowest BCUT2D eigenvalue weighted by Gasteiger charge is -2.37. The fourth-order valence-corrected chi connectivity index (χ4v) is 4.63. The molecule has 0 spiro atoms. The molecule has 29 heavy (non-hydrogen) atoms. The Morgan fingerprint density at radius 1 is 0.966 bits per heavy atom. The molecular formula is C21H20O8. The third-order valence-corrected chi connectivity index (χ3v) is 6.01. The first-order valence-electron chi connectivity index (χ1n) is 9.26. The number of phenols is 1. The summed E-state index contributed by atoms with van der Waals surface area (Å²) in [4.78, 5) is 12.7. The van der Waals surface area contributed by atoms with Gasteiger partial charge in [0.2, 0.25) is 12.5 Å². The van der Waals surface area contributed by atoms with Crippen LogP contribution in [0.4, 0.5) is 0 Å². The van der Waals surface area contributed by atoms with E-state index in [1.807, 2.05) is 0 Å². The Bertz CT molecular complexity index is 975. The normalized spacial score (nSPS) is 26.5. The van der Waals surface area contributed by atoms with Crippen LogP contribution in [0.3, 0.4) is 0 Å². The van der Waals surface area contributed by atoms with Crippen LogP contribution in [-0.2, 0) is 9.53 Å². The van der Waals surface area contributed by atoms with Crippen LogP contribution in [0, 0.1) is 11.8 Å². The van der Waals surface area contributed by atoms with Crippen LogP contribution in [0.5, 0.6) is 28.7 Å². The van der Waals surface area contributed by atoms with Crippen LogP contribution < -0.4 is 18.9 Å². The lowest BCUT2D eigenvalue weighted by Crippen LogP contribution is -2.34. The molecule has 4 atom stereocenters. The number of aromatic hydroxyl groups is 1. The minimum atomic E-state index is -0.867. The molecule has 0 unspecified atom stereocenters. The highest BCUT2D eigenvalue weighted by Gasteiger charge is 2.52. The van der Waals surface area contributed by atoms with Crippen LogP contribution in [0.25, 0.3) is 0 Å². The van der Waals surface area contributed by atoms with Crippen molar-refractivity contribution >= 4 is 5.97 Å². The Labute approximate surface area is 166 Å². The molecule has 8 nitrogen and oxygen atoms in total. The highest BCUT2D eigenvalue weighted by Crippen LogP contribution is 2.55. The number of rotatable bonds is 3. The van der Waals surface area contributed by atoms with Gasteiger partial charge in [0, 0.05) is 11.8 Å². The number of carbonyl (C=O) groups is 1. The van der Waals surface area contributed by atoms with Gasteiger partial charge in [-0.15, -0.1) is 0 Å². The molecule has 5 rings (SSSR count). The van der Waals surface area contributed by atoms with E-state index in [2.05, 4.69) is 0 Å². The molecule has 0 aromatic heterocycles. The Morgan fingerprint density at radius 3 is 2.21 bits per heavy atom. The number of benzene rings is 2. The van der Waals surface area contributed by atoms with Gasteiger partial charge in [0.05, 0.1) is 32.8 Å². The maximum atomic E-state index is 12.7.